The molecule has 0 saturated carbocycles. The smallest absolute Gasteiger partial charge is 0.498 e. The monoisotopic (exact) mass is 296 g/mol. The van der Waals surface area contributed by atoms with Crippen LogP contribution in [-0.4, -0.2) is 39.4 Å². The van der Waals surface area contributed by atoms with Gasteiger partial charge in [-0.15, -0.1) is 0 Å². The molecule has 1 saturated heterocycles. The quantitative estimate of drug-likeness (QED) is 0.768. The minimum absolute atomic E-state index is 0.0819. The van der Waals surface area contributed by atoms with E-state index < -0.39 is 22.0 Å². The molecule has 0 bridgehead atoms. The lowest BCUT2D eigenvalue weighted by molar-refractivity contribution is -0.135. The Morgan fingerprint density at radius 2 is 1.90 bits per heavy atom. The highest BCUT2D eigenvalue weighted by Gasteiger charge is 2.45. The summed E-state index contributed by atoms with van der Waals surface area (Å²) in [5.74, 6) is -0.187. The van der Waals surface area contributed by atoms with E-state index in [1.54, 1.807) is 26.0 Å². The highest BCUT2D eigenvalue weighted by atomic mass is 32.2. The van der Waals surface area contributed by atoms with E-state index in [9.17, 15) is 13.2 Å². The van der Waals surface area contributed by atoms with Crippen molar-refractivity contribution in [2.45, 2.75) is 24.8 Å². The fourth-order valence-corrected chi connectivity index (χ4v) is 3.49. The first kappa shape index (κ1) is 14.9. The second-order valence-electron chi connectivity index (χ2n) is 4.74. The fourth-order valence-electron chi connectivity index (χ4n) is 1.98. The summed E-state index contributed by atoms with van der Waals surface area (Å²) in [6.45, 7) is 3.53. The van der Waals surface area contributed by atoms with E-state index in [-0.39, 0.29) is 10.8 Å². The molecule has 1 aromatic carbocycles. The minimum Gasteiger partial charge on any atom is -0.520 e. The normalized spacial score (nSPS) is 19.8. The van der Waals surface area contributed by atoms with Crippen LogP contribution in [0.4, 0.5) is 0 Å². The van der Waals surface area contributed by atoms with E-state index in [1.807, 2.05) is 0 Å². The topological polar surface area (TPSA) is 72.9 Å². The third-order valence-electron chi connectivity index (χ3n) is 3.05. The molecule has 1 aliphatic rings. The van der Waals surface area contributed by atoms with Gasteiger partial charge in [0.25, 0.3) is 0 Å². The van der Waals surface area contributed by atoms with E-state index in [0.29, 0.717) is 5.75 Å². The zero-order chi connectivity index (χ0) is 14.9. The van der Waals surface area contributed by atoms with Crippen LogP contribution >= 0.6 is 0 Å². The molecule has 2 rings (SSSR count). The van der Waals surface area contributed by atoms with E-state index in [2.05, 4.69) is 0 Å². The Balaban J connectivity index is 2.36. The minimum atomic E-state index is -3.81. The van der Waals surface area contributed by atoms with Gasteiger partial charge in [-0.3, -0.25) is 4.79 Å². The summed E-state index contributed by atoms with van der Waals surface area (Å²) in [4.78, 5) is 11.7. The molecule has 6 nitrogen and oxygen atoms in total. The van der Waals surface area contributed by atoms with Crippen molar-refractivity contribution in [2.75, 3.05) is 7.11 Å². The fraction of sp³-hybridized carbons (Fsp3) is 0.417. The van der Waals surface area contributed by atoms with Gasteiger partial charge in [0.2, 0.25) is 10.0 Å². The molecule has 20 heavy (non-hydrogen) atoms. The van der Waals surface area contributed by atoms with Crippen molar-refractivity contribution in [3.8, 4) is 5.75 Å². The number of hydrogen-bond donors (Lipinski definition) is 0. The predicted octanol–water partition coefficient (Wildman–Crippen LogP) is 0.801. The third-order valence-corrected chi connectivity index (χ3v) is 4.79. The summed E-state index contributed by atoms with van der Waals surface area (Å²) in [7, 11) is -1.35. The van der Waals surface area contributed by atoms with Crippen LogP contribution in [0.1, 0.15) is 13.8 Å². The van der Waals surface area contributed by atoms with Crippen molar-refractivity contribution in [3.05, 3.63) is 24.3 Å². The summed E-state index contributed by atoms with van der Waals surface area (Å²) in [5.41, 5.74) is 0. The van der Waals surface area contributed by atoms with Crippen molar-refractivity contribution >= 4 is 23.6 Å². The van der Waals surface area contributed by atoms with Crippen LogP contribution in [0.3, 0.4) is 0 Å². The largest absolute Gasteiger partial charge is 0.520 e. The molecule has 1 aliphatic heterocycles. The van der Waals surface area contributed by atoms with Gasteiger partial charge in [0.05, 0.1) is 12.0 Å². The molecule has 1 atom stereocenters. The third kappa shape index (κ3) is 2.53. The molecule has 1 fully saturated rings. The maximum atomic E-state index is 12.5. The maximum Gasteiger partial charge on any atom is 0.498 e. The van der Waals surface area contributed by atoms with E-state index in [0.717, 1.165) is 11.8 Å². The van der Waals surface area contributed by atoms with Crippen LogP contribution in [0.2, 0.25) is 0 Å². The molecule has 0 N–H and O–H groups in total. The predicted molar refractivity (Wildman–Crippen MR) is 72.5 cm³/mol. The lowest BCUT2D eigenvalue weighted by atomic mass is 10.0. The number of methoxy groups -OCH3 is 1. The van der Waals surface area contributed by atoms with Gasteiger partial charge in [-0.25, -0.2) is 8.42 Å². The zero-order valence-corrected chi connectivity index (χ0v) is 12.3. The summed E-state index contributed by atoms with van der Waals surface area (Å²) in [6, 6.07) is 5.14. The van der Waals surface area contributed by atoms with Gasteiger partial charge in [0, 0.05) is 0 Å². The van der Waals surface area contributed by atoms with Crippen molar-refractivity contribution in [3.63, 3.8) is 0 Å². The molecule has 0 aromatic heterocycles. The van der Waals surface area contributed by atoms with Crippen LogP contribution in [-0.2, 0) is 19.5 Å². The Hall–Kier alpha value is -1.54. The second kappa shape index (κ2) is 5.45. The number of nitrogens with zero attached hydrogens (tertiary/aromatic N) is 1. The molecule has 0 aliphatic carbocycles. The van der Waals surface area contributed by atoms with Gasteiger partial charge in [0.1, 0.15) is 11.8 Å². The first-order valence-electron chi connectivity index (χ1n) is 6.09. The number of rotatable bonds is 4. The first-order chi connectivity index (χ1) is 9.37. The summed E-state index contributed by atoms with van der Waals surface area (Å²) in [5, 5.41) is 0. The molecule has 107 valence electrons. The Labute approximate surface area is 119 Å². The molecule has 8 heteroatoms. The maximum absolute atomic E-state index is 12.5. The number of carbonyl (C=O) groups excluding carboxylic acids is 1. The van der Waals surface area contributed by atoms with Gasteiger partial charge in [-0.2, -0.15) is 4.22 Å². The molecule has 0 spiro atoms. The number of ether oxygens (including phenoxy) is 1. The SMILES string of the molecule is COc1ccc(S(=O)(=O)N2[B]OC(=O)[C@H]2C(C)C)cc1. The van der Waals surface area contributed by atoms with Crippen molar-refractivity contribution in [2.24, 2.45) is 5.92 Å². The number of sulfonamides is 1. The van der Waals surface area contributed by atoms with Crippen molar-refractivity contribution < 1.29 is 22.6 Å². The molecule has 1 heterocycles. The van der Waals surface area contributed by atoms with Crippen LogP contribution in [0.15, 0.2) is 29.2 Å². The van der Waals surface area contributed by atoms with Crippen molar-refractivity contribution in [1.29, 1.82) is 0 Å². The average Bonchev–Trinajstić information content (AvgIpc) is 2.81. The molecule has 1 radical (unpaired) electrons. The summed E-state index contributed by atoms with van der Waals surface area (Å²) in [6.07, 6.45) is 0. The Morgan fingerprint density at radius 1 is 1.30 bits per heavy atom. The lowest BCUT2D eigenvalue weighted by Gasteiger charge is -2.22. The molecule has 0 amide bonds. The summed E-state index contributed by atoms with van der Waals surface area (Å²) < 4.78 is 35.7. The summed E-state index contributed by atoms with van der Waals surface area (Å²) >= 11 is 0. The molecular formula is C12H15BNO5S. The Kier molecular flexibility index (Phi) is 4.05. The lowest BCUT2D eigenvalue weighted by Crippen LogP contribution is -2.42. The Morgan fingerprint density at radius 3 is 2.40 bits per heavy atom. The zero-order valence-electron chi connectivity index (χ0n) is 11.4. The van der Waals surface area contributed by atoms with Crippen molar-refractivity contribution in [1.82, 2.24) is 4.22 Å². The van der Waals surface area contributed by atoms with Crippen LogP contribution in [0.25, 0.3) is 0 Å². The molecule has 1 aromatic rings. The van der Waals surface area contributed by atoms with E-state index in [4.69, 9.17) is 9.39 Å². The molecular weight excluding hydrogens is 281 g/mol. The van der Waals surface area contributed by atoms with Gasteiger partial charge in [-0.05, 0) is 30.2 Å². The Bertz CT molecular complexity index is 599. The molecule has 0 unspecified atom stereocenters. The highest BCUT2D eigenvalue weighted by molar-refractivity contribution is 7.90. The standard InChI is InChI=1S/C12H15BNO5S/c1-8(2)11-12(15)19-13-14(11)20(16,17)10-6-4-9(18-3)5-7-10/h4-8,11H,1-3H3/t11-/m1/s1. The van der Waals surface area contributed by atoms with Gasteiger partial charge in [0.15, 0.2) is 0 Å². The number of carbonyl (C=O) groups is 1. The average molecular weight is 296 g/mol. The van der Waals surface area contributed by atoms with Crippen LogP contribution in [0.5, 0.6) is 5.75 Å². The number of hydrogen-bond acceptors (Lipinski definition) is 5. The first-order valence-corrected chi connectivity index (χ1v) is 7.53. The van der Waals surface area contributed by atoms with Crippen LogP contribution < -0.4 is 4.74 Å². The highest BCUT2D eigenvalue weighted by Crippen LogP contribution is 2.26. The number of benzene rings is 1. The van der Waals surface area contributed by atoms with E-state index >= 15 is 0 Å². The van der Waals surface area contributed by atoms with Gasteiger partial charge < -0.3 is 9.39 Å². The van der Waals surface area contributed by atoms with Gasteiger partial charge in [-0.1, -0.05) is 13.8 Å². The second-order valence-corrected chi connectivity index (χ2v) is 6.58. The van der Waals surface area contributed by atoms with E-state index in [1.165, 1.54) is 19.2 Å². The van der Waals surface area contributed by atoms with Crippen LogP contribution in [0, 0.1) is 5.92 Å². The van der Waals surface area contributed by atoms with Gasteiger partial charge >= 0.3 is 13.6 Å².